The van der Waals surface area contributed by atoms with Gasteiger partial charge in [0.25, 0.3) is 0 Å². The molecule has 0 bridgehead atoms. The zero-order valence-electron chi connectivity index (χ0n) is 11.9. The van der Waals surface area contributed by atoms with E-state index in [4.69, 9.17) is 0 Å². The molecule has 0 saturated carbocycles. The number of nitrogens with zero attached hydrogens (tertiary/aromatic N) is 1. The van der Waals surface area contributed by atoms with E-state index in [0.29, 0.717) is 0 Å². The zero-order chi connectivity index (χ0) is 14.3. The fourth-order valence-corrected chi connectivity index (χ4v) is 2.45. The second-order valence-electron chi connectivity index (χ2n) is 5.02. The van der Waals surface area contributed by atoms with Crippen molar-refractivity contribution < 1.29 is 0 Å². The quantitative estimate of drug-likeness (QED) is 0.775. The van der Waals surface area contributed by atoms with Crippen molar-refractivity contribution in [1.29, 1.82) is 0 Å². The van der Waals surface area contributed by atoms with Crippen LogP contribution in [0.4, 0.5) is 5.69 Å². The number of rotatable bonds is 0. The van der Waals surface area contributed by atoms with Crippen LogP contribution in [0.3, 0.4) is 0 Å². The van der Waals surface area contributed by atoms with E-state index < -0.39 is 0 Å². The van der Waals surface area contributed by atoms with E-state index in [1.807, 2.05) is 36.7 Å². The van der Waals surface area contributed by atoms with Gasteiger partial charge in [0.1, 0.15) is 0 Å². The summed E-state index contributed by atoms with van der Waals surface area (Å²) in [5.74, 6) is 0. The summed E-state index contributed by atoms with van der Waals surface area (Å²) in [6.45, 7) is 2.19. The monoisotopic (exact) mass is 277 g/mol. The first kappa shape index (κ1) is 13.6. The first-order valence-corrected chi connectivity index (χ1v) is 7.25. The minimum absolute atomic E-state index is 1.05. The summed E-state index contributed by atoms with van der Waals surface area (Å²) in [7, 11) is 0. The number of para-hydroxylation sites is 1. The van der Waals surface area contributed by atoms with Crippen molar-refractivity contribution in [2.75, 3.05) is 11.9 Å². The maximum atomic E-state index is 4.04. The molecule has 3 heteroatoms. The van der Waals surface area contributed by atoms with Gasteiger partial charge in [0.05, 0.1) is 0 Å². The van der Waals surface area contributed by atoms with Crippen molar-refractivity contribution in [3.05, 3.63) is 77.6 Å². The lowest BCUT2D eigenvalue weighted by molar-refractivity contribution is 0.644. The third-order valence-electron chi connectivity index (χ3n) is 3.58. The molecule has 0 aromatic heterocycles. The number of fused-ring (bicyclic) bond motifs is 2. The van der Waals surface area contributed by atoms with Crippen LogP contribution in [0.1, 0.15) is 16.7 Å². The Bertz CT molecular complexity index is 634. The molecular weight excluding hydrogens is 258 g/mol. The predicted octanol–water partition coefficient (Wildman–Crippen LogP) is 3.33. The molecule has 0 amide bonds. The highest BCUT2D eigenvalue weighted by atomic mass is 14.9. The van der Waals surface area contributed by atoms with E-state index in [0.717, 1.165) is 24.3 Å². The van der Waals surface area contributed by atoms with E-state index in [-0.39, 0.29) is 0 Å². The Balaban J connectivity index is 0.000000126. The van der Waals surface area contributed by atoms with E-state index in [2.05, 4.69) is 39.9 Å². The van der Waals surface area contributed by atoms with Gasteiger partial charge in [-0.05, 0) is 30.2 Å². The molecule has 2 aliphatic rings. The summed E-state index contributed by atoms with van der Waals surface area (Å²) in [5, 5.41) is 6.46. The van der Waals surface area contributed by atoms with Gasteiger partial charge in [0.15, 0.2) is 0 Å². The Labute approximate surface area is 125 Å². The molecule has 0 unspecified atom stereocenters. The topological polar surface area (TPSA) is 36.4 Å². The zero-order valence-corrected chi connectivity index (χ0v) is 11.9. The fourth-order valence-electron chi connectivity index (χ4n) is 2.45. The predicted molar refractivity (Wildman–Crippen MR) is 88.7 cm³/mol. The molecule has 2 aromatic carbocycles. The van der Waals surface area contributed by atoms with Crippen LogP contribution in [0.5, 0.6) is 0 Å². The molecule has 2 heterocycles. The van der Waals surface area contributed by atoms with Gasteiger partial charge in [0, 0.05) is 36.4 Å². The van der Waals surface area contributed by atoms with E-state index in [9.17, 15) is 0 Å². The summed E-state index contributed by atoms with van der Waals surface area (Å²) in [4.78, 5) is 4.04. The van der Waals surface area contributed by atoms with Crippen LogP contribution in [0.15, 0.2) is 65.9 Å². The van der Waals surface area contributed by atoms with Gasteiger partial charge >= 0.3 is 0 Å². The highest BCUT2D eigenvalue weighted by molar-refractivity contribution is 5.88. The minimum Gasteiger partial charge on any atom is -0.360 e. The van der Waals surface area contributed by atoms with E-state index in [1.54, 1.807) is 6.20 Å². The van der Waals surface area contributed by atoms with Crippen molar-refractivity contribution in [3.8, 4) is 0 Å². The summed E-state index contributed by atoms with van der Waals surface area (Å²) in [6, 6.07) is 16.7. The van der Waals surface area contributed by atoms with E-state index in [1.165, 1.54) is 17.5 Å². The highest BCUT2D eigenvalue weighted by Crippen LogP contribution is 2.14. The molecule has 0 fully saturated rings. The summed E-state index contributed by atoms with van der Waals surface area (Å²) in [6.07, 6.45) is 6.59. The first-order valence-electron chi connectivity index (χ1n) is 7.25. The van der Waals surface area contributed by atoms with E-state index >= 15 is 0 Å². The molecule has 106 valence electrons. The SMILES string of the molecule is C1=CNc2ccccc2C=N1.c1ccc2c(c1)CCNC2. The molecule has 0 radical (unpaired) electrons. The number of hydrogen-bond acceptors (Lipinski definition) is 3. The number of benzene rings is 2. The number of anilines is 1. The second kappa shape index (κ2) is 6.86. The Morgan fingerprint density at radius 1 is 0.905 bits per heavy atom. The Morgan fingerprint density at radius 2 is 1.71 bits per heavy atom. The molecule has 0 atom stereocenters. The molecule has 2 aromatic rings. The average molecular weight is 277 g/mol. The number of nitrogens with one attached hydrogen (secondary N) is 2. The van der Waals surface area contributed by atoms with Crippen LogP contribution in [-0.2, 0) is 13.0 Å². The standard InChI is InChI=1S/C9H8N2.C9H11N/c1-2-4-9-8(3-1)7-10-5-6-11-9;1-2-4-9-7-10-6-5-8(9)3-1/h1-7,11H;1-4,10H,5-7H2. The number of aliphatic imine (C=N–C) groups is 1. The molecule has 3 nitrogen and oxygen atoms in total. The Kier molecular flexibility index (Phi) is 4.44. The maximum Gasteiger partial charge on any atom is 0.0469 e. The smallest absolute Gasteiger partial charge is 0.0469 e. The third kappa shape index (κ3) is 3.58. The Morgan fingerprint density at radius 3 is 2.62 bits per heavy atom. The van der Waals surface area contributed by atoms with Gasteiger partial charge in [-0.25, -0.2) is 0 Å². The van der Waals surface area contributed by atoms with Gasteiger partial charge in [0.2, 0.25) is 0 Å². The van der Waals surface area contributed by atoms with Crippen LogP contribution in [0.2, 0.25) is 0 Å². The summed E-state index contributed by atoms with van der Waals surface area (Å²) in [5.41, 5.74) is 5.21. The third-order valence-corrected chi connectivity index (χ3v) is 3.58. The first-order chi connectivity index (χ1) is 10.4. The van der Waals surface area contributed by atoms with Gasteiger partial charge in [-0.15, -0.1) is 0 Å². The molecule has 0 spiro atoms. The lowest BCUT2D eigenvalue weighted by atomic mass is 10.0. The lowest BCUT2D eigenvalue weighted by Crippen LogP contribution is -2.23. The van der Waals surface area contributed by atoms with Crippen LogP contribution in [0.25, 0.3) is 0 Å². The molecule has 2 N–H and O–H groups in total. The fraction of sp³-hybridized carbons (Fsp3) is 0.167. The number of hydrogen-bond donors (Lipinski definition) is 2. The summed E-state index contributed by atoms with van der Waals surface area (Å²) >= 11 is 0. The average Bonchev–Trinajstić information content (AvgIpc) is 2.81. The van der Waals surface area contributed by atoms with Crippen LogP contribution < -0.4 is 10.6 Å². The van der Waals surface area contributed by atoms with Gasteiger partial charge < -0.3 is 10.6 Å². The van der Waals surface area contributed by atoms with Crippen molar-refractivity contribution in [3.63, 3.8) is 0 Å². The molecular formula is C18H19N3. The van der Waals surface area contributed by atoms with Crippen molar-refractivity contribution in [1.82, 2.24) is 5.32 Å². The van der Waals surface area contributed by atoms with Crippen molar-refractivity contribution >= 4 is 11.9 Å². The molecule has 4 rings (SSSR count). The lowest BCUT2D eigenvalue weighted by Gasteiger charge is -2.15. The van der Waals surface area contributed by atoms with Crippen LogP contribution >= 0.6 is 0 Å². The van der Waals surface area contributed by atoms with Gasteiger partial charge in [-0.2, -0.15) is 0 Å². The summed E-state index contributed by atoms with van der Waals surface area (Å²) < 4.78 is 0. The molecule has 2 aliphatic heterocycles. The van der Waals surface area contributed by atoms with Crippen molar-refractivity contribution in [2.24, 2.45) is 4.99 Å². The van der Waals surface area contributed by atoms with Crippen LogP contribution in [-0.4, -0.2) is 12.8 Å². The Hall–Kier alpha value is -2.39. The molecule has 0 saturated heterocycles. The maximum absolute atomic E-state index is 4.04. The normalized spacial score (nSPS) is 14.9. The molecule has 0 aliphatic carbocycles. The van der Waals surface area contributed by atoms with Crippen molar-refractivity contribution in [2.45, 2.75) is 13.0 Å². The minimum atomic E-state index is 1.05. The van der Waals surface area contributed by atoms with Gasteiger partial charge in [-0.3, -0.25) is 4.99 Å². The molecule has 21 heavy (non-hydrogen) atoms. The highest BCUT2D eigenvalue weighted by Gasteiger charge is 2.05. The second-order valence-corrected chi connectivity index (χ2v) is 5.02. The van der Waals surface area contributed by atoms with Gasteiger partial charge in [-0.1, -0.05) is 42.5 Å². The van der Waals surface area contributed by atoms with Crippen LogP contribution in [0, 0.1) is 0 Å². The largest absolute Gasteiger partial charge is 0.360 e.